The number of ether oxygens (including phenoxy) is 1. The summed E-state index contributed by atoms with van der Waals surface area (Å²) in [4.78, 5) is 16.0. The lowest BCUT2D eigenvalue weighted by Gasteiger charge is -2.18. The topological polar surface area (TPSA) is 87.3 Å². The fourth-order valence-corrected chi connectivity index (χ4v) is 9.54. The first-order valence-electron chi connectivity index (χ1n) is 21.8. The van der Waals surface area contributed by atoms with E-state index in [2.05, 4.69) is 117 Å². The van der Waals surface area contributed by atoms with Crippen LogP contribution in [0.1, 0.15) is 37.0 Å². The summed E-state index contributed by atoms with van der Waals surface area (Å²) in [6, 6.07) is 54.2. The van der Waals surface area contributed by atoms with E-state index in [0.717, 1.165) is 100 Å². The van der Waals surface area contributed by atoms with E-state index in [1.165, 1.54) is 10.8 Å². The second-order valence-corrected chi connectivity index (χ2v) is 16.4. The van der Waals surface area contributed by atoms with Gasteiger partial charge in [-0.1, -0.05) is 127 Å². The summed E-state index contributed by atoms with van der Waals surface area (Å²) in [5.74, 6) is 1.58. The van der Waals surface area contributed by atoms with Gasteiger partial charge >= 0.3 is 0 Å². The minimum absolute atomic E-state index is 0.0534. The largest absolute Gasteiger partial charge is 0.456 e. The average molecular weight is 832 g/mol. The number of fused-ring (bicyclic) bond motifs is 11. The predicted molar refractivity (Wildman–Crippen MR) is 259 cm³/mol. The lowest BCUT2D eigenvalue weighted by atomic mass is 9.88. The lowest BCUT2D eigenvalue weighted by molar-refractivity contribution is 0.0788. The van der Waals surface area contributed by atoms with Gasteiger partial charge in [0.15, 0.2) is 28.6 Å². The third kappa shape index (κ3) is 6.11. The van der Waals surface area contributed by atoms with Crippen molar-refractivity contribution in [2.75, 3.05) is 6.61 Å². The van der Waals surface area contributed by atoms with Gasteiger partial charge in [0.05, 0.1) is 11.7 Å². The molecule has 8 aromatic carbocycles. The fraction of sp³-hybridized carbons (Fsp3) is 0.105. The van der Waals surface area contributed by atoms with Crippen LogP contribution in [0.3, 0.4) is 0 Å². The zero-order chi connectivity index (χ0) is 42.9. The van der Waals surface area contributed by atoms with Gasteiger partial charge in [-0.05, 0) is 96.6 Å². The molecule has 4 aromatic heterocycles. The van der Waals surface area contributed by atoms with Crippen molar-refractivity contribution in [3.05, 3.63) is 180 Å². The number of aromatic nitrogens is 3. The molecule has 4 heterocycles. The Labute approximate surface area is 368 Å². The van der Waals surface area contributed by atoms with Crippen LogP contribution >= 0.6 is 0 Å². The molecule has 1 atom stereocenters. The second-order valence-electron chi connectivity index (χ2n) is 16.4. The van der Waals surface area contributed by atoms with Crippen LogP contribution in [0.15, 0.2) is 177 Å². The Morgan fingerprint density at radius 1 is 0.500 bits per heavy atom. The summed E-state index contributed by atoms with van der Waals surface area (Å²) in [7, 11) is 0. The number of para-hydroxylation sites is 3. The number of hydrogen-bond donors (Lipinski definition) is 0. The van der Waals surface area contributed by atoms with Gasteiger partial charge in [0.2, 0.25) is 0 Å². The van der Waals surface area contributed by atoms with Crippen molar-refractivity contribution in [1.29, 1.82) is 0 Å². The molecule has 7 nitrogen and oxygen atoms in total. The first-order valence-corrected chi connectivity index (χ1v) is 21.8. The van der Waals surface area contributed by atoms with Gasteiger partial charge in [-0.2, -0.15) is 0 Å². The Balaban J connectivity index is 1.10. The normalized spacial score (nSPS) is 12.8. The van der Waals surface area contributed by atoms with E-state index < -0.39 is 0 Å². The summed E-state index contributed by atoms with van der Waals surface area (Å²) in [5.41, 5.74) is 11.4. The Bertz CT molecular complexity index is 3830. The smallest absolute Gasteiger partial charge is 0.178 e. The number of benzene rings is 8. The summed E-state index contributed by atoms with van der Waals surface area (Å²) < 4.78 is 25.7. The van der Waals surface area contributed by atoms with E-state index in [9.17, 15) is 0 Å². The molecule has 0 radical (unpaired) electrons. The quantitative estimate of drug-likeness (QED) is 0.143. The van der Waals surface area contributed by atoms with E-state index in [1.54, 1.807) is 0 Å². The van der Waals surface area contributed by atoms with E-state index in [-0.39, 0.29) is 6.10 Å². The fourth-order valence-electron chi connectivity index (χ4n) is 9.54. The van der Waals surface area contributed by atoms with Crippen molar-refractivity contribution in [2.24, 2.45) is 0 Å². The van der Waals surface area contributed by atoms with Gasteiger partial charge in [0, 0.05) is 50.1 Å². The highest BCUT2D eigenvalue weighted by Gasteiger charge is 2.24. The molecule has 0 N–H and O–H groups in total. The van der Waals surface area contributed by atoms with Crippen molar-refractivity contribution in [2.45, 2.75) is 33.3 Å². The van der Waals surface area contributed by atoms with Crippen LogP contribution in [-0.2, 0) is 4.74 Å². The molecule has 12 aromatic rings. The molecule has 64 heavy (non-hydrogen) atoms. The molecular formula is C57H41N3O4. The van der Waals surface area contributed by atoms with Gasteiger partial charge in [0.25, 0.3) is 0 Å². The van der Waals surface area contributed by atoms with E-state index in [4.69, 9.17) is 32.9 Å². The standard InChI is InChI=1S/C57H41N3O4/c1-4-61-33(2)29-30-40(39-22-11-16-35-15-5-6-17-38(35)39)36-20-12-21-37(34(36)3)55-58-56(46-24-14-28-50-51(46)45-19-8-10-27-49(45)62-50)60-57(59-55)47-25-13-23-42-44-32-31-43-41-18-7-9-26-48(41)63-53(43)54(44)64-52(42)47/h5-28,30-33H,4,29H2,1-3H3/b40-30+. The summed E-state index contributed by atoms with van der Waals surface area (Å²) >= 11 is 0. The van der Waals surface area contributed by atoms with Crippen molar-refractivity contribution in [3.8, 4) is 34.2 Å². The van der Waals surface area contributed by atoms with Gasteiger partial charge < -0.3 is 18.0 Å². The molecule has 12 rings (SSSR count). The average Bonchev–Trinajstić information content (AvgIpc) is 4.04. The molecule has 0 aliphatic carbocycles. The molecule has 0 saturated heterocycles. The molecule has 1 unspecified atom stereocenters. The second kappa shape index (κ2) is 15.2. The zero-order valence-electron chi connectivity index (χ0n) is 35.6. The molecule has 0 bridgehead atoms. The maximum atomic E-state index is 6.88. The van der Waals surface area contributed by atoms with Crippen molar-refractivity contribution in [3.63, 3.8) is 0 Å². The summed E-state index contributed by atoms with van der Waals surface area (Å²) in [6.45, 7) is 7.00. The molecule has 0 fully saturated rings. The summed E-state index contributed by atoms with van der Waals surface area (Å²) in [6.07, 6.45) is 3.13. The van der Waals surface area contributed by atoms with Crippen LogP contribution in [0, 0.1) is 6.92 Å². The van der Waals surface area contributed by atoms with Crippen LogP contribution < -0.4 is 0 Å². The van der Waals surface area contributed by atoms with Crippen LogP contribution in [0.25, 0.3) is 116 Å². The molecule has 0 aliphatic heterocycles. The Kier molecular flexibility index (Phi) is 8.98. The molecule has 0 saturated carbocycles. The van der Waals surface area contributed by atoms with Crippen molar-refractivity contribution in [1.82, 2.24) is 15.0 Å². The van der Waals surface area contributed by atoms with Gasteiger partial charge in [-0.25, -0.2) is 15.0 Å². The molecule has 7 heteroatoms. The molecule has 0 aliphatic rings. The van der Waals surface area contributed by atoms with Crippen molar-refractivity contribution < 1.29 is 18.0 Å². The Morgan fingerprint density at radius 2 is 1.05 bits per heavy atom. The van der Waals surface area contributed by atoms with Gasteiger partial charge in [0.1, 0.15) is 22.3 Å². The van der Waals surface area contributed by atoms with Crippen molar-refractivity contribution >= 4 is 82.2 Å². The molecule has 308 valence electrons. The van der Waals surface area contributed by atoms with Gasteiger partial charge in [-0.15, -0.1) is 0 Å². The van der Waals surface area contributed by atoms with Gasteiger partial charge in [-0.3, -0.25) is 0 Å². The molecule has 0 spiro atoms. The number of nitrogens with zero attached hydrogens (tertiary/aromatic N) is 3. The maximum absolute atomic E-state index is 6.88. The highest BCUT2D eigenvalue weighted by atomic mass is 16.5. The molecule has 0 amide bonds. The highest BCUT2D eigenvalue weighted by molar-refractivity contribution is 6.20. The number of rotatable bonds is 9. The predicted octanol–water partition coefficient (Wildman–Crippen LogP) is 15.3. The van der Waals surface area contributed by atoms with E-state index in [1.807, 2.05) is 67.6 Å². The Hall–Kier alpha value is -7.87. The number of furan rings is 3. The maximum Gasteiger partial charge on any atom is 0.178 e. The lowest BCUT2D eigenvalue weighted by Crippen LogP contribution is -2.07. The first-order chi connectivity index (χ1) is 31.5. The third-order valence-corrected chi connectivity index (χ3v) is 12.6. The third-order valence-electron chi connectivity index (χ3n) is 12.6. The van der Waals surface area contributed by atoms with Crippen LogP contribution in [0.5, 0.6) is 0 Å². The first kappa shape index (κ1) is 37.9. The molecular weight excluding hydrogens is 791 g/mol. The summed E-state index contributed by atoms with van der Waals surface area (Å²) in [5, 5.41) is 8.29. The Morgan fingerprint density at radius 3 is 1.88 bits per heavy atom. The van der Waals surface area contributed by atoms with E-state index in [0.29, 0.717) is 35.2 Å². The number of hydrogen-bond acceptors (Lipinski definition) is 7. The van der Waals surface area contributed by atoms with Crippen LogP contribution in [0.2, 0.25) is 0 Å². The minimum atomic E-state index is 0.0534. The monoisotopic (exact) mass is 831 g/mol. The minimum Gasteiger partial charge on any atom is -0.456 e. The van der Waals surface area contributed by atoms with Crippen LogP contribution in [0.4, 0.5) is 0 Å². The van der Waals surface area contributed by atoms with E-state index >= 15 is 0 Å². The SMILES string of the molecule is CCOC(C)C/C=C(\c1cccc(-c2nc(-c3cccc4c3oc3c4ccc4c5ccccc5oc43)nc(-c3cccc4oc5ccccc5c34)n2)c1C)c1cccc2ccccc12. The zero-order valence-corrected chi connectivity index (χ0v) is 35.6. The highest BCUT2D eigenvalue weighted by Crippen LogP contribution is 2.43. The van der Waals surface area contributed by atoms with Crippen LogP contribution in [-0.4, -0.2) is 27.7 Å².